The summed E-state index contributed by atoms with van der Waals surface area (Å²) in [4.78, 5) is 12.7. The molecule has 2 aliphatic carbocycles. The van der Waals surface area contributed by atoms with Crippen molar-refractivity contribution < 1.29 is 54.4 Å². The number of fused-ring (bicyclic) bond motifs is 2. The molecule has 11 unspecified atom stereocenters. The van der Waals surface area contributed by atoms with E-state index in [0.29, 0.717) is 12.8 Å². The van der Waals surface area contributed by atoms with E-state index in [1.807, 2.05) is 20.8 Å². The van der Waals surface area contributed by atoms with Gasteiger partial charge in [-0.2, -0.15) is 0 Å². The summed E-state index contributed by atoms with van der Waals surface area (Å²) < 4.78 is 22.3. The summed E-state index contributed by atoms with van der Waals surface area (Å²) in [7, 11) is 0. The average molecular weight is 462 g/mol. The third-order valence-corrected chi connectivity index (χ3v) is 8.48. The zero-order valence-corrected chi connectivity index (χ0v) is 18.5. The number of ether oxygens (including phenoxy) is 4. The molecule has 2 bridgehead atoms. The minimum absolute atomic E-state index is 0.0956. The first-order valence-electron chi connectivity index (χ1n) is 11.0. The summed E-state index contributed by atoms with van der Waals surface area (Å²) in [5.41, 5.74) is -2.91. The van der Waals surface area contributed by atoms with Crippen LogP contribution in [0.5, 0.6) is 0 Å². The lowest BCUT2D eigenvalue weighted by molar-refractivity contribution is -0.324. The topological polar surface area (TPSA) is 175 Å². The van der Waals surface area contributed by atoms with Crippen LogP contribution in [-0.4, -0.2) is 111 Å². The summed E-state index contributed by atoms with van der Waals surface area (Å²) in [6.45, 7) is 4.48. The molecule has 0 radical (unpaired) electrons. The fourth-order valence-corrected chi connectivity index (χ4v) is 5.59. The van der Waals surface area contributed by atoms with E-state index in [2.05, 4.69) is 0 Å². The molecule has 11 atom stereocenters. The van der Waals surface area contributed by atoms with Gasteiger partial charge in [-0.3, -0.25) is 4.79 Å². The van der Waals surface area contributed by atoms with Crippen molar-refractivity contribution in [3.8, 4) is 0 Å². The Morgan fingerprint density at radius 3 is 2.31 bits per heavy atom. The van der Waals surface area contributed by atoms with Gasteiger partial charge in [0.15, 0.2) is 12.6 Å². The van der Waals surface area contributed by atoms with Gasteiger partial charge in [0.25, 0.3) is 0 Å². The molecule has 0 spiro atoms. The molecule has 6 N–H and O–H groups in total. The molecule has 0 aromatic rings. The van der Waals surface area contributed by atoms with E-state index in [0.717, 1.165) is 0 Å². The molecule has 2 heterocycles. The lowest BCUT2D eigenvalue weighted by Gasteiger charge is -2.44. The Morgan fingerprint density at radius 1 is 1.06 bits per heavy atom. The van der Waals surface area contributed by atoms with E-state index in [4.69, 9.17) is 18.9 Å². The SMILES string of the molecule is CC1(C)C2CC(=O)C1(C)C(OC1OC(COC3OCC(O)(CO)C3O)C(O)C(O)C1O)C2. The van der Waals surface area contributed by atoms with Crippen LogP contribution in [0.2, 0.25) is 0 Å². The summed E-state index contributed by atoms with van der Waals surface area (Å²) in [5, 5.41) is 60.5. The van der Waals surface area contributed by atoms with E-state index in [1.54, 1.807) is 0 Å². The third kappa shape index (κ3) is 3.46. The molecule has 2 saturated carbocycles. The monoisotopic (exact) mass is 462 g/mol. The van der Waals surface area contributed by atoms with Gasteiger partial charge in [0.05, 0.1) is 31.3 Å². The number of hydrogen-bond acceptors (Lipinski definition) is 11. The van der Waals surface area contributed by atoms with Crippen molar-refractivity contribution in [3.63, 3.8) is 0 Å². The second-order valence-electron chi connectivity index (χ2n) is 10.3. The van der Waals surface area contributed by atoms with Gasteiger partial charge in [-0.25, -0.2) is 0 Å². The number of aliphatic hydroxyl groups excluding tert-OH is 5. The van der Waals surface area contributed by atoms with Crippen LogP contribution in [-0.2, 0) is 23.7 Å². The van der Waals surface area contributed by atoms with Crippen molar-refractivity contribution in [1.29, 1.82) is 0 Å². The van der Waals surface area contributed by atoms with Crippen molar-refractivity contribution in [2.24, 2.45) is 16.7 Å². The molecular weight excluding hydrogens is 428 g/mol. The number of carbonyl (C=O) groups excluding carboxylic acids is 1. The Morgan fingerprint density at radius 2 is 1.75 bits per heavy atom. The Hall–Kier alpha value is -0.730. The minimum atomic E-state index is -1.87. The van der Waals surface area contributed by atoms with E-state index in [9.17, 15) is 35.4 Å². The average Bonchev–Trinajstić information content (AvgIpc) is 3.21. The van der Waals surface area contributed by atoms with E-state index in [-0.39, 0.29) is 30.3 Å². The largest absolute Gasteiger partial charge is 0.393 e. The van der Waals surface area contributed by atoms with Crippen molar-refractivity contribution in [2.75, 3.05) is 19.8 Å². The van der Waals surface area contributed by atoms with Crippen LogP contribution in [0.25, 0.3) is 0 Å². The summed E-state index contributed by atoms with van der Waals surface area (Å²) >= 11 is 0. The van der Waals surface area contributed by atoms with E-state index >= 15 is 0 Å². The molecule has 4 aliphatic rings. The van der Waals surface area contributed by atoms with Gasteiger partial charge >= 0.3 is 0 Å². The number of hydrogen-bond donors (Lipinski definition) is 6. The lowest BCUT2D eigenvalue weighted by atomic mass is 9.69. The van der Waals surface area contributed by atoms with Crippen molar-refractivity contribution in [3.05, 3.63) is 0 Å². The fourth-order valence-electron chi connectivity index (χ4n) is 5.59. The quantitative estimate of drug-likeness (QED) is 0.249. The molecule has 32 heavy (non-hydrogen) atoms. The van der Waals surface area contributed by atoms with E-state index in [1.165, 1.54) is 0 Å². The van der Waals surface area contributed by atoms with Gasteiger partial charge < -0.3 is 49.6 Å². The number of Topliss-reactive ketones (excluding diaryl/α,β-unsaturated/α-hetero) is 1. The van der Waals surface area contributed by atoms with Gasteiger partial charge in [-0.05, 0) is 24.7 Å². The second kappa shape index (κ2) is 8.19. The van der Waals surface area contributed by atoms with Gasteiger partial charge in [-0.1, -0.05) is 13.8 Å². The minimum Gasteiger partial charge on any atom is -0.393 e. The zero-order chi connectivity index (χ0) is 23.6. The number of carbonyl (C=O) groups is 1. The number of ketones is 1. The Bertz CT molecular complexity index is 731. The smallest absolute Gasteiger partial charge is 0.187 e. The molecule has 4 fully saturated rings. The second-order valence-corrected chi connectivity index (χ2v) is 10.3. The molecule has 11 heteroatoms. The Balaban J connectivity index is 1.42. The van der Waals surface area contributed by atoms with Crippen LogP contribution >= 0.6 is 0 Å². The molecule has 4 rings (SSSR count). The normalized spacial score (nSPS) is 52.7. The molecule has 2 saturated heterocycles. The first-order valence-corrected chi connectivity index (χ1v) is 11.0. The molecule has 0 aromatic carbocycles. The van der Waals surface area contributed by atoms with E-state index < -0.39 is 66.8 Å². The van der Waals surface area contributed by atoms with Gasteiger partial charge in [0.1, 0.15) is 41.9 Å². The fraction of sp³-hybridized carbons (Fsp3) is 0.952. The molecule has 184 valence electrons. The summed E-state index contributed by atoms with van der Waals surface area (Å²) in [6.07, 6.45) is -9.35. The maximum absolute atomic E-state index is 12.7. The van der Waals surface area contributed by atoms with Gasteiger partial charge in [-0.15, -0.1) is 0 Å². The van der Waals surface area contributed by atoms with Crippen molar-refractivity contribution in [1.82, 2.24) is 0 Å². The summed E-state index contributed by atoms with van der Waals surface area (Å²) in [6, 6.07) is 0. The van der Waals surface area contributed by atoms with Crippen LogP contribution in [0.4, 0.5) is 0 Å². The van der Waals surface area contributed by atoms with Crippen molar-refractivity contribution >= 4 is 5.78 Å². The first-order chi connectivity index (χ1) is 14.9. The molecular formula is C21H34O11. The number of aliphatic hydroxyl groups is 6. The highest BCUT2D eigenvalue weighted by Crippen LogP contribution is 2.64. The first kappa shape index (κ1) is 24.4. The highest BCUT2D eigenvalue weighted by molar-refractivity contribution is 5.90. The highest BCUT2D eigenvalue weighted by atomic mass is 16.7. The summed E-state index contributed by atoms with van der Waals surface area (Å²) in [5.74, 6) is 0.241. The molecule has 0 aromatic heterocycles. The Kier molecular flexibility index (Phi) is 6.24. The standard InChI is InChI=1S/C21H34O11/c1-19(2)9-4-11(23)20(19,3)12(5-9)32-17-15(26)14(25)13(24)10(31-17)6-29-18-16(27)21(28,7-22)8-30-18/h9-10,12-18,22,24-28H,4-8H2,1-3H3. The molecule has 11 nitrogen and oxygen atoms in total. The number of rotatable bonds is 6. The van der Waals surface area contributed by atoms with Crippen LogP contribution < -0.4 is 0 Å². The molecule has 0 amide bonds. The maximum Gasteiger partial charge on any atom is 0.187 e. The highest BCUT2D eigenvalue weighted by Gasteiger charge is 2.67. The van der Waals surface area contributed by atoms with Gasteiger partial charge in [0.2, 0.25) is 0 Å². The van der Waals surface area contributed by atoms with Crippen molar-refractivity contribution in [2.45, 2.75) is 88.4 Å². The van der Waals surface area contributed by atoms with Crippen LogP contribution in [0.15, 0.2) is 0 Å². The predicted octanol–water partition coefficient (Wildman–Crippen LogP) is -2.34. The Labute approximate surface area is 185 Å². The van der Waals surface area contributed by atoms with Crippen LogP contribution in [0.1, 0.15) is 33.6 Å². The van der Waals surface area contributed by atoms with Gasteiger partial charge in [0, 0.05) is 6.42 Å². The van der Waals surface area contributed by atoms with Crippen LogP contribution in [0, 0.1) is 16.7 Å². The molecule has 2 aliphatic heterocycles. The third-order valence-electron chi connectivity index (χ3n) is 8.48. The zero-order valence-electron chi connectivity index (χ0n) is 18.5. The van der Waals surface area contributed by atoms with Crippen LogP contribution in [0.3, 0.4) is 0 Å². The lowest BCUT2D eigenvalue weighted by Crippen LogP contribution is -2.61. The predicted molar refractivity (Wildman–Crippen MR) is 105 cm³/mol. The maximum atomic E-state index is 12.7.